The second-order valence-corrected chi connectivity index (χ2v) is 6.19. The van der Waals surface area contributed by atoms with Gasteiger partial charge < -0.3 is 11.1 Å². The average Bonchev–Trinajstić information content (AvgIpc) is 2.42. The molecule has 0 spiro atoms. The molecule has 0 unspecified atom stereocenters. The minimum atomic E-state index is -0.188. The summed E-state index contributed by atoms with van der Waals surface area (Å²) >= 11 is 3.40. The first-order valence-electron chi connectivity index (χ1n) is 6.72. The molecule has 0 fully saturated rings. The highest BCUT2D eigenvalue weighted by atomic mass is 79.9. The van der Waals surface area contributed by atoms with Crippen molar-refractivity contribution >= 4 is 33.3 Å². The van der Waals surface area contributed by atoms with E-state index in [0.717, 1.165) is 21.4 Å². The maximum atomic E-state index is 12.4. The van der Waals surface area contributed by atoms with Crippen LogP contribution in [0.1, 0.15) is 41.4 Å². The van der Waals surface area contributed by atoms with Crippen LogP contribution in [0.3, 0.4) is 0 Å². The number of carbonyl (C=O) groups is 1. The molecule has 0 radical (unpaired) electrons. The Morgan fingerprint density at radius 2 is 2.00 bits per heavy atom. The zero-order valence-electron chi connectivity index (χ0n) is 12.3. The largest absolute Gasteiger partial charge is 0.384 e. The summed E-state index contributed by atoms with van der Waals surface area (Å²) in [7, 11) is 0. The molecule has 1 heterocycles. The summed E-state index contributed by atoms with van der Waals surface area (Å²) in [6.07, 6.45) is 0. The van der Waals surface area contributed by atoms with Gasteiger partial charge in [0, 0.05) is 21.4 Å². The monoisotopic (exact) mass is 347 g/mol. The molecule has 0 aliphatic carbocycles. The Morgan fingerprint density at radius 3 is 2.67 bits per heavy atom. The molecular weight excluding hydrogens is 330 g/mol. The van der Waals surface area contributed by atoms with Crippen LogP contribution >= 0.6 is 15.9 Å². The number of rotatable bonds is 3. The topological polar surface area (TPSA) is 68.0 Å². The van der Waals surface area contributed by atoms with Crippen LogP contribution in [0.2, 0.25) is 0 Å². The molecular formula is C16H18BrN3O. The van der Waals surface area contributed by atoms with Crippen LogP contribution in [-0.2, 0) is 0 Å². The molecule has 4 nitrogen and oxygen atoms in total. The normalized spacial score (nSPS) is 10.7. The van der Waals surface area contributed by atoms with Gasteiger partial charge in [-0.15, -0.1) is 0 Å². The van der Waals surface area contributed by atoms with E-state index < -0.39 is 0 Å². The fourth-order valence-corrected chi connectivity index (χ4v) is 2.29. The molecule has 0 saturated heterocycles. The number of nitrogens with zero attached hydrogens (tertiary/aromatic N) is 1. The average molecular weight is 348 g/mol. The zero-order valence-corrected chi connectivity index (χ0v) is 13.9. The van der Waals surface area contributed by atoms with Crippen LogP contribution in [0.25, 0.3) is 0 Å². The molecule has 0 aliphatic heterocycles. The van der Waals surface area contributed by atoms with Crippen molar-refractivity contribution in [3.05, 3.63) is 51.6 Å². The van der Waals surface area contributed by atoms with Gasteiger partial charge in [-0.1, -0.05) is 35.8 Å². The predicted molar refractivity (Wildman–Crippen MR) is 89.6 cm³/mol. The van der Waals surface area contributed by atoms with E-state index in [0.29, 0.717) is 11.4 Å². The number of benzene rings is 1. The molecule has 3 N–H and O–H groups in total. The van der Waals surface area contributed by atoms with Gasteiger partial charge in [-0.25, -0.2) is 4.98 Å². The highest BCUT2D eigenvalue weighted by molar-refractivity contribution is 9.10. The van der Waals surface area contributed by atoms with Gasteiger partial charge in [0.15, 0.2) is 0 Å². The number of nitrogens with two attached hydrogens (primary N) is 1. The fourth-order valence-electron chi connectivity index (χ4n) is 1.92. The van der Waals surface area contributed by atoms with E-state index in [1.165, 1.54) is 0 Å². The number of pyridine rings is 1. The Labute approximate surface area is 132 Å². The second-order valence-electron chi connectivity index (χ2n) is 5.27. The van der Waals surface area contributed by atoms with Gasteiger partial charge in [0.05, 0.1) is 0 Å². The van der Waals surface area contributed by atoms with E-state index in [1.807, 2.05) is 39.0 Å². The third-order valence-electron chi connectivity index (χ3n) is 3.17. The number of aryl methyl sites for hydroxylation is 1. The van der Waals surface area contributed by atoms with Gasteiger partial charge in [-0.05, 0) is 42.7 Å². The van der Waals surface area contributed by atoms with Gasteiger partial charge >= 0.3 is 0 Å². The lowest BCUT2D eigenvalue weighted by Gasteiger charge is -2.11. The molecule has 1 aromatic carbocycles. The Bertz CT molecular complexity index is 683. The molecule has 2 rings (SSSR count). The van der Waals surface area contributed by atoms with Crippen LogP contribution < -0.4 is 11.1 Å². The maximum absolute atomic E-state index is 12.4. The molecule has 0 saturated carbocycles. The molecule has 21 heavy (non-hydrogen) atoms. The van der Waals surface area contributed by atoms with Crippen molar-refractivity contribution < 1.29 is 4.79 Å². The van der Waals surface area contributed by atoms with Crippen molar-refractivity contribution in [3.63, 3.8) is 0 Å². The van der Waals surface area contributed by atoms with Gasteiger partial charge in [-0.2, -0.15) is 0 Å². The maximum Gasteiger partial charge on any atom is 0.255 e. The van der Waals surface area contributed by atoms with E-state index in [1.54, 1.807) is 12.1 Å². The van der Waals surface area contributed by atoms with Crippen LogP contribution in [0.4, 0.5) is 11.5 Å². The third-order valence-corrected chi connectivity index (χ3v) is 3.66. The zero-order chi connectivity index (χ0) is 15.6. The molecule has 0 atom stereocenters. The molecule has 0 bridgehead atoms. The number of hydrogen-bond donors (Lipinski definition) is 2. The lowest BCUT2D eigenvalue weighted by molar-refractivity contribution is 0.102. The van der Waals surface area contributed by atoms with Crippen molar-refractivity contribution in [1.82, 2.24) is 4.98 Å². The first-order chi connectivity index (χ1) is 9.86. The van der Waals surface area contributed by atoms with E-state index in [-0.39, 0.29) is 11.8 Å². The first kappa shape index (κ1) is 15.5. The van der Waals surface area contributed by atoms with Gasteiger partial charge in [0.25, 0.3) is 5.91 Å². The number of anilines is 2. The highest BCUT2D eigenvalue weighted by Crippen LogP contribution is 2.22. The Balaban J connectivity index is 2.30. The van der Waals surface area contributed by atoms with Crippen molar-refractivity contribution in [2.75, 3.05) is 11.1 Å². The smallest absolute Gasteiger partial charge is 0.255 e. The summed E-state index contributed by atoms with van der Waals surface area (Å²) in [5.41, 5.74) is 8.89. The minimum Gasteiger partial charge on any atom is -0.384 e. The van der Waals surface area contributed by atoms with E-state index in [9.17, 15) is 4.79 Å². The van der Waals surface area contributed by atoms with E-state index in [2.05, 4.69) is 26.2 Å². The molecule has 2 aromatic rings. The summed E-state index contributed by atoms with van der Waals surface area (Å²) < 4.78 is 0.917. The van der Waals surface area contributed by atoms with E-state index >= 15 is 0 Å². The van der Waals surface area contributed by atoms with Crippen molar-refractivity contribution in [1.29, 1.82) is 0 Å². The lowest BCUT2D eigenvalue weighted by atomic mass is 10.1. The predicted octanol–water partition coefficient (Wildman–Crippen LogP) is 4.11. The number of halogens is 1. The van der Waals surface area contributed by atoms with Gasteiger partial charge in [0.2, 0.25) is 0 Å². The van der Waals surface area contributed by atoms with Crippen molar-refractivity contribution in [3.8, 4) is 0 Å². The summed E-state index contributed by atoms with van der Waals surface area (Å²) in [5.74, 6) is 0.386. The van der Waals surface area contributed by atoms with Gasteiger partial charge in [-0.3, -0.25) is 4.79 Å². The summed E-state index contributed by atoms with van der Waals surface area (Å²) in [5, 5.41) is 2.91. The summed E-state index contributed by atoms with van der Waals surface area (Å²) in [6.45, 7) is 5.98. The summed E-state index contributed by atoms with van der Waals surface area (Å²) in [4.78, 5) is 16.6. The van der Waals surface area contributed by atoms with Crippen LogP contribution in [-0.4, -0.2) is 10.9 Å². The number of nitrogen functional groups attached to an aromatic ring is 1. The first-order valence-corrected chi connectivity index (χ1v) is 7.51. The number of hydrogen-bond acceptors (Lipinski definition) is 3. The van der Waals surface area contributed by atoms with Crippen LogP contribution in [0, 0.1) is 6.92 Å². The Hall–Kier alpha value is -1.88. The van der Waals surface area contributed by atoms with E-state index in [4.69, 9.17) is 5.73 Å². The molecule has 5 heteroatoms. The summed E-state index contributed by atoms with van der Waals surface area (Å²) in [6, 6.07) is 9.13. The van der Waals surface area contributed by atoms with Crippen LogP contribution in [0.15, 0.2) is 34.8 Å². The SMILES string of the molecule is Cc1ccc(Br)cc1NC(=O)c1cc(N)nc(C(C)C)c1. The third kappa shape index (κ3) is 3.82. The quantitative estimate of drug-likeness (QED) is 0.877. The minimum absolute atomic E-state index is 0.188. The van der Waals surface area contributed by atoms with Gasteiger partial charge in [0.1, 0.15) is 5.82 Å². The van der Waals surface area contributed by atoms with Crippen LogP contribution in [0.5, 0.6) is 0 Å². The number of aromatic nitrogens is 1. The molecule has 1 aromatic heterocycles. The Kier molecular flexibility index (Phi) is 4.63. The standard InChI is InChI=1S/C16H18BrN3O/c1-9(2)13-6-11(7-15(18)19-13)16(21)20-14-8-12(17)5-4-10(14)3/h4-9H,1-3H3,(H2,18,19)(H,20,21). The fraction of sp³-hybridized carbons (Fsp3) is 0.250. The molecule has 110 valence electrons. The lowest BCUT2D eigenvalue weighted by Crippen LogP contribution is -2.14. The number of nitrogens with one attached hydrogen (secondary N) is 1. The number of carbonyl (C=O) groups excluding carboxylic acids is 1. The van der Waals surface area contributed by atoms with Crippen molar-refractivity contribution in [2.45, 2.75) is 26.7 Å². The number of amides is 1. The van der Waals surface area contributed by atoms with Crippen molar-refractivity contribution in [2.24, 2.45) is 0 Å². The molecule has 0 aliphatic rings. The highest BCUT2D eigenvalue weighted by Gasteiger charge is 2.12. The Morgan fingerprint density at radius 1 is 1.29 bits per heavy atom. The second kappa shape index (κ2) is 6.26. The molecule has 1 amide bonds.